The van der Waals surface area contributed by atoms with Gasteiger partial charge < -0.3 is 14.2 Å². The van der Waals surface area contributed by atoms with Crippen LogP contribution in [0.25, 0.3) is 0 Å². The molecule has 0 aromatic rings. The van der Waals surface area contributed by atoms with Gasteiger partial charge in [0.1, 0.15) is 13.2 Å². The van der Waals surface area contributed by atoms with Gasteiger partial charge in [-0.3, -0.25) is 14.4 Å². The summed E-state index contributed by atoms with van der Waals surface area (Å²) >= 11 is 0. The van der Waals surface area contributed by atoms with E-state index in [9.17, 15) is 14.4 Å². The van der Waals surface area contributed by atoms with E-state index in [1.54, 1.807) is 0 Å². The van der Waals surface area contributed by atoms with Crippen molar-refractivity contribution in [2.24, 2.45) is 5.92 Å². The molecule has 0 N–H and O–H groups in total. The molecule has 1 atom stereocenters. The molecule has 6 nitrogen and oxygen atoms in total. The summed E-state index contributed by atoms with van der Waals surface area (Å²) in [6.07, 6.45) is 48.1. The quantitative estimate of drug-likeness (QED) is 0.0346. The van der Waals surface area contributed by atoms with Crippen LogP contribution >= 0.6 is 0 Å². The summed E-state index contributed by atoms with van der Waals surface area (Å²) in [7, 11) is 0. The van der Waals surface area contributed by atoms with Crippen molar-refractivity contribution >= 4 is 17.9 Å². The third kappa shape index (κ3) is 45.5. The molecule has 0 saturated carbocycles. The van der Waals surface area contributed by atoms with Gasteiger partial charge in [-0.2, -0.15) is 0 Å². The van der Waals surface area contributed by atoms with Crippen LogP contribution in [0.3, 0.4) is 0 Å². The SMILES string of the molecule is CCCCCCCCCCCCCCCCCCCCCC(=O)OC[C@@H](COC(=O)CCCCCCCCCCC)OC(=O)CCCCCCCCCCCC(C)C. The lowest BCUT2D eigenvalue weighted by molar-refractivity contribution is -0.167. The van der Waals surface area contributed by atoms with Crippen molar-refractivity contribution in [3.05, 3.63) is 0 Å². The molecule has 0 fully saturated rings. The lowest BCUT2D eigenvalue weighted by Crippen LogP contribution is -2.30. The van der Waals surface area contributed by atoms with E-state index in [2.05, 4.69) is 27.7 Å². The van der Waals surface area contributed by atoms with E-state index in [0.717, 1.165) is 63.7 Å². The third-order valence-corrected chi connectivity index (χ3v) is 11.8. The second kappa shape index (κ2) is 46.5. The summed E-state index contributed by atoms with van der Waals surface area (Å²) in [6, 6.07) is 0. The summed E-state index contributed by atoms with van der Waals surface area (Å²) < 4.78 is 16.8. The molecule has 0 bridgehead atoms. The fraction of sp³-hybridized carbons (Fsp3) is 0.942. The lowest BCUT2D eigenvalue weighted by atomic mass is 10.0. The zero-order valence-electron chi connectivity index (χ0n) is 39.5. The number of carbonyl (C=O) groups is 3. The number of unbranched alkanes of at least 4 members (excludes halogenated alkanes) is 34. The first-order valence-electron chi connectivity index (χ1n) is 25.9. The first kappa shape index (κ1) is 56.4. The Bertz CT molecular complexity index is 872. The van der Waals surface area contributed by atoms with Gasteiger partial charge in [-0.1, -0.05) is 252 Å². The van der Waals surface area contributed by atoms with Crippen LogP contribution in [-0.4, -0.2) is 37.2 Å². The molecule has 344 valence electrons. The van der Waals surface area contributed by atoms with Gasteiger partial charge in [0, 0.05) is 19.3 Å². The van der Waals surface area contributed by atoms with Crippen molar-refractivity contribution in [3.63, 3.8) is 0 Å². The first-order valence-corrected chi connectivity index (χ1v) is 25.9. The molecule has 0 aliphatic rings. The van der Waals surface area contributed by atoms with Gasteiger partial charge in [0.25, 0.3) is 0 Å². The second-order valence-corrected chi connectivity index (χ2v) is 18.3. The van der Waals surface area contributed by atoms with E-state index in [1.165, 1.54) is 186 Å². The maximum atomic E-state index is 12.7. The Morgan fingerprint density at radius 1 is 0.328 bits per heavy atom. The fourth-order valence-corrected chi connectivity index (χ4v) is 7.86. The molecule has 0 unspecified atom stereocenters. The minimum absolute atomic E-state index is 0.0633. The number of rotatable bonds is 47. The zero-order chi connectivity index (χ0) is 42.4. The van der Waals surface area contributed by atoms with Gasteiger partial charge in [-0.05, 0) is 25.2 Å². The number of carbonyl (C=O) groups excluding carboxylic acids is 3. The fourth-order valence-electron chi connectivity index (χ4n) is 7.86. The van der Waals surface area contributed by atoms with Gasteiger partial charge in [-0.25, -0.2) is 0 Å². The van der Waals surface area contributed by atoms with E-state index >= 15 is 0 Å². The largest absolute Gasteiger partial charge is 0.462 e. The number of esters is 3. The van der Waals surface area contributed by atoms with E-state index < -0.39 is 6.10 Å². The average molecular weight is 821 g/mol. The Morgan fingerprint density at radius 3 is 0.845 bits per heavy atom. The Hall–Kier alpha value is -1.59. The van der Waals surface area contributed by atoms with E-state index in [0.29, 0.717) is 19.3 Å². The van der Waals surface area contributed by atoms with Crippen LogP contribution in [0.1, 0.15) is 291 Å². The number of hydrogen-bond donors (Lipinski definition) is 0. The summed E-state index contributed by atoms with van der Waals surface area (Å²) in [5.74, 6) is -0.0437. The normalized spacial score (nSPS) is 11.9. The first-order chi connectivity index (χ1) is 28.4. The molecule has 0 saturated heterocycles. The maximum absolute atomic E-state index is 12.7. The molecule has 58 heavy (non-hydrogen) atoms. The van der Waals surface area contributed by atoms with Gasteiger partial charge in [0.05, 0.1) is 0 Å². The maximum Gasteiger partial charge on any atom is 0.306 e. The third-order valence-electron chi connectivity index (χ3n) is 11.8. The number of ether oxygens (including phenoxy) is 3. The molecular weight excluding hydrogens is 721 g/mol. The van der Waals surface area contributed by atoms with Crippen molar-refractivity contribution in [1.29, 1.82) is 0 Å². The van der Waals surface area contributed by atoms with E-state index in [1.807, 2.05) is 0 Å². The molecule has 0 spiro atoms. The highest BCUT2D eigenvalue weighted by atomic mass is 16.6. The molecule has 0 rings (SSSR count). The predicted octanol–water partition coefficient (Wildman–Crippen LogP) is 16.7. The molecule has 0 aliphatic carbocycles. The van der Waals surface area contributed by atoms with Crippen molar-refractivity contribution in [2.75, 3.05) is 13.2 Å². The van der Waals surface area contributed by atoms with Crippen LogP contribution in [0.2, 0.25) is 0 Å². The Labute approximate surface area is 361 Å². The molecule has 0 aromatic carbocycles. The van der Waals surface area contributed by atoms with Crippen LogP contribution in [-0.2, 0) is 28.6 Å². The van der Waals surface area contributed by atoms with Gasteiger partial charge in [-0.15, -0.1) is 0 Å². The van der Waals surface area contributed by atoms with Crippen molar-refractivity contribution in [3.8, 4) is 0 Å². The second-order valence-electron chi connectivity index (χ2n) is 18.3. The van der Waals surface area contributed by atoms with Gasteiger partial charge in [0.15, 0.2) is 6.10 Å². The molecular formula is C52H100O6. The smallest absolute Gasteiger partial charge is 0.306 e. The monoisotopic (exact) mass is 821 g/mol. The number of hydrogen-bond acceptors (Lipinski definition) is 6. The van der Waals surface area contributed by atoms with Crippen molar-refractivity contribution in [2.45, 2.75) is 297 Å². The zero-order valence-corrected chi connectivity index (χ0v) is 39.5. The molecule has 0 amide bonds. The summed E-state index contributed by atoms with van der Waals surface area (Å²) in [5, 5.41) is 0. The Kier molecular flexibility index (Phi) is 45.2. The lowest BCUT2D eigenvalue weighted by Gasteiger charge is -2.18. The van der Waals surface area contributed by atoms with Crippen molar-refractivity contribution < 1.29 is 28.6 Å². The summed E-state index contributed by atoms with van der Waals surface area (Å²) in [4.78, 5) is 37.8. The highest BCUT2D eigenvalue weighted by Gasteiger charge is 2.19. The molecule has 0 radical (unpaired) electrons. The van der Waals surface area contributed by atoms with E-state index in [4.69, 9.17) is 14.2 Å². The minimum Gasteiger partial charge on any atom is -0.462 e. The van der Waals surface area contributed by atoms with E-state index in [-0.39, 0.29) is 31.1 Å². The van der Waals surface area contributed by atoms with Crippen LogP contribution < -0.4 is 0 Å². The topological polar surface area (TPSA) is 78.9 Å². The van der Waals surface area contributed by atoms with Crippen LogP contribution in [0.15, 0.2) is 0 Å². The van der Waals surface area contributed by atoms with Crippen LogP contribution in [0.4, 0.5) is 0 Å². The summed E-state index contributed by atoms with van der Waals surface area (Å²) in [5.41, 5.74) is 0. The highest BCUT2D eigenvalue weighted by molar-refractivity contribution is 5.71. The van der Waals surface area contributed by atoms with Gasteiger partial charge >= 0.3 is 17.9 Å². The Morgan fingerprint density at radius 2 is 0.569 bits per heavy atom. The summed E-state index contributed by atoms with van der Waals surface area (Å²) in [6.45, 7) is 8.99. The van der Waals surface area contributed by atoms with Crippen LogP contribution in [0, 0.1) is 5.92 Å². The molecule has 0 aliphatic heterocycles. The minimum atomic E-state index is -0.760. The Balaban J connectivity index is 4.21. The molecule has 0 aromatic heterocycles. The molecule has 6 heteroatoms. The van der Waals surface area contributed by atoms with Gasteiger partial charge in [0.2, 0.25) is 0 Å². The molecule has 0 heterocycles. The van der Waals surface area contributed by atoms with Crippen molar-refractivity contribution in [1.82, 2.24) is 0 Å². The predicted molar refractivity (Wildman–Crippen MR) is 247 cm³/mol. The highest BCUT2D eigenvalue weighted by Crippen LogP contribution is 2.17. The van der Waals surface area contributed by atoms with Crippen LogP contribution in [0.5, 0.6) is 0 Å². The average Bonchev–Trinajstić information content (AvgIpc) is 3.21. The standard InChI is InChI=1S/C52H100O6/c1-5-7-9-11-13-15-16-17-18-19-20-21-22-23-24-28-32-36-40-44-51(54)57-47-49(46-56-50(53)43-39-35-31-26-14-12-10-8-6-2)58-52(55)45-41-37-33-29-25-27-30-34-38-42-48(3)4/h48-49H,5-47H2,1-4H3/t49-/m1/s1.